The normalized spacial score (nSPS) is 14.4. The lowest BCUT2D eigenvalue weighted by molar-refractivity contribution is 0.238. The van der Waals surface area contributed by atoms with Crippen LogP contribution in [0.25, 0.3) is 0 Å². The zero-order valence-corrected chi connectivity index (χ0v) is 10.7. The highest BCUT2D eigenvalue weighted by atomic mass is 16.5. The summed E-state index contributed by atoms with van der Waals surface area (Å²) in [5.41, 5.74) is 8.13. The van der Waals surface area contributed by atoms with Gasteiger partial charge in [-0.1, -0.05) is 19.1 Å². The van der Waals surface area contributed by atoms with E-state index in [-0.39, 0.29) is 18.7 Å². The molecular weight excluding hydrogens is 216 g/mol. The van der Waals surface area contributed by atoms with Gasteiger partial charge in [0.05, 0.1) is 19.8 Å². The van der Waals surface area contributed by atoms with E-state index in [1.54, 1.807) is 7.11 Å². The van der Waals surface area contributed by atoms with E-state index in [2.05, 4.69) is 18.3 Å². The van der Waals surface area contributed by atoms with Gasteiger partial charge in [-0.15, -0.1) is 0 Å². The summed E-state index contributed by atoms with van der Waals surface area (Å²) in [6.07, 6.45) is 0.960. The molecule has 4 N–H and O–H groups in total. The summed E-state index contributed by atoms with van der Waals surface area (Å²) in [5.74, 6) is 0.797. The molecule has 0 aliphatic carbocycles. The highest BCUT2D eigenvalue weighted by Crippen LogP contribution is 2.28. The van der Waals surface area contributed by atoms with Crippen molar-refractivity contribution >= 4 is 0 Å². The molecule has 0 saturated carbocycles. The molecule has 0 aliphatic rings. The van der Waals surface area contributed by atoms with Crippen LogP contribution in [0.15, 0.2) is 18.2 Å². The first-order valence-electron chi connectivity index (χ1n) is 5.88. The first-order chi connectivity index (χ1) is 8.17. The van der Waals surface area contributed by atoms with Gasteiger partial charge in [0.15, 0.2) is 0 Å². The Morgan fingerprint density at radius 2 is 2.18 bits per heavy atom. The van der Waals surface area contributed by atoms with Gasteiger partial charge in [-0.3, -0.25) is 0 Å². The molecular formula is C13H22N2O2. The fourth-order valence-corrected chi connectivity index (χ4v) is 1.95. The lowest BCUT2D eigenvalue weighted by atomic mass is 9.96. The number of methoxy groups -OCH3 is 1. The average Bonchev–Trinajstić information content (AvgIpc) is 2.39. The molecule has 1 rings (SSSR count). The van der Waals surface area contributed by atoms with Gasteiger partial charge in [0.1, 0.15) is 5.75 Å². The molecule has 96 valence electrons. The molecule has 0 amide bonds. The zero-order chi connectivity index (χ0) is 12.8. The molecule has 2 atom stereocenters. The van der Waals surface area contributed by atoms with Crippen molar-refractivity contribution in [2.24, 2.45) is 5.73 Å². The van der Waals surface area contributed by atoms with Crippen molar-refractivity contribution in [3.63, 3.8) is 0 Å². The van der Waals surface area contributed by atoms with Crippen LogP contribution in [-0.2, 0) is 6.42 Å². The van der Waals surface area contributed by atoms with Gasteiger partial charge in [0, 0.05) is 11.6 Å². The number of aliphatic hydroxyl groups is 1. The molecule has 0 spiro atoms. The second-order valence-corrected chi connectivity index (χ2v) is 4.04. The highest BCUT2D eigenvalue weighted by Gasteiger charge is 2.21. The van der Waals surface area contributed by atoms with E-state index in [1.807, 2.05) is 19.2 Å². The lowest BCUT2D eigenvalue weighted by Gasteiger charge is -2.24. The third-order valence-corrected chi connectivity index (χ3v) is 2.99. The molecule has 0 fully saturated rings. The number of nitrogens with two attached hydrogens (primary N) is 1. The lowest BCUT2D eigenvalue weighted by Crippen LogP contribution is -2.39. The minimum atomic E-state index is -0.346. The summed E-state index contributed by atoms with van der Waals surface area (Å²) in [6.45, 7) is 2.04. The van der Waals surface area contributed by atoms with E-state index in [1.165, 1.54) is 5.56 Å². The van der Waals surface area contributed by atoms with Gasteiger partial charge in [0.2, 0.25) is 0 Å². The highest BCUT2D eigenvalue weighted by molar-refractivity contribution is 5.40. The predicted molar refractivity (Wildman–Crippen MR) is 69.2 cm³/mol. The van der Waals surface area contributed by atoms with Crippen molar-refractivity contribution in [2.75, 3.05) is 20.8 Å². The Balaban J connectivity index is 3.14. The van der Waals surface area contributed by atoms with E-state index in [0.717, 1.165) is 17.7 Å². The fourth-order valence-electron chi connectivity index (χ4n) is 1.95. The Hall–Kier alpha value is -1.10. The number of likely N-dealkylation sites (N-methyl/N-ethyl adjacent to an activating group) is 1. The van der Waals surface area contributed by atoms with Gasteiger partial charge >= 0.3 is 0 Å². The molecule has 1 aromatic rings. The van der Waals surface area contributed by atoms with Crippen molar-refractivity contribution < 1.29 is 9.84 Å². The molecule has 1 aromatic carbocycles. The largest absolute Gasteiger partial charge is 0.496 e. The standard InChI is InChI=1S/C13H22N2O2/c1-4-9-5-6-12(17-3)10(7-9)13(15-2)11(14)8-16/h5-7,11,13,15-16H,4,8,14H2,1-3H3. The quantitative estimate of drug-likeness (QED) is 0.687. The Bertz CT molecular complexity index is 355. The topological polar surface area (TPSA) is 67.5 Å². The van der Waals surface area contributed by atoms with Crippen molar-refractivity contribution in [3.05, 3.63) is 29.3 Å². The van der Waals surface area contributed by atoms with Crippen LogP contribution in [0.3, 0.4) is 0 Å². The van der Waals surface area contributed by atoms with Crippen LogP contribution in [0, 0.1) is 0 Å². The number of hydrogen-bond acceptors (Lipinski definition) is 4. The van der Waals surface area contributed by atoms with Gasteiger partial charge in [-0.05, 0) is 25.1 Å². The number of ether oxygens (including phenoxy) is 1. The summed E-state index contributed by atoms with van der Waals surface area (Å²) < 4.78 is 5.35. The summed E-state index contributed by atoms with van der Waals surface area (Å²) in [4.78, 5) is 0. The van der Waals surface area contributed by atoms with Gasteiger partial charge < -0.3 is 20.9 Å². The number of rotatable bonds is 6. The number of nitrogens with one attached hydrogen (secondary N) is 1. The minimum Gasteiger partial charge on any atom is -0.496 e. The number of benzene rings is 1. The van der Waals surface area contributed by atoms with Crippen LogP contribution in [0.1, 0.15) is 24.1 Å². The maximum absolute atomic E-state index is 9.18. The summed E-state index contributed by atoms with van der Waals surface area (Å²) in [6, 6.07) is 5.61. The first kappa shape index (κ1) is 14.0. The SMILES string of the molecule is CCc1ccc(OC)c(C(NC)C(N)CO)c1. The van der Waals surface area contributed by atoms with Crippen molar-refractivity contribution in [1.82, 2.24) is 5.32 Å². The second kappa shape index (κ2) is 6.59. The van der Waals surface area contributed by atoms with E-state index in [0.29, 0.717) is 0 Å². The third-order valence-electron chi connectivity index (χ3n) is 2.99. The zero-order valence-electron chi connectivity index (χ0n) is 10.7. The van der Waals surface area contributed by atoms with E-state index in [9.17, 15) is 5.11 Å². The van der Waals surface area contributed by atoms with Crippen LogP contribution >= 0.6 is 0 Å². The number of aryl methyl sites for hydroxylation is 1. The molecule has 0 bridgehead atoms. The molecule has 0 saturated heterocycles. The Labute approximate surface area is 103 Å². The van der Waals surface area contributed by atoms with Gasteiger partial charge in [0.25, 0.3) is 0 Å². The summed E-state index contributed by atoms with van der Waals surface area (Å²) in [5, 5.41) is 12.3. The number of hydrogen-bond donors (Lipinski definition) is 3. The second-order valence-electron chi connectivity index (χ2n) is 4.04. The smallest absolute Gasteiger partial charge is 0.123 e. The monoisotopic (exact) mass is 238 g/mol. The molecule has 4 nitrogen and oxygen atoms in total. The molecule has 17 heavy (non-hydrogen) atoms. The Morgan fingerprint density at radius 1 is 1.47 bits per heavy atom. The van der Waals surface area contributed by atoms with Gasteiger partial charge in [-0.2, -0.15) is 0 Å². The third kappa shape index (κ3) is 3.19. The van der Waals surface area contributed by atoms with Crippen LogP contribution in [0.5, 0.6) is 5.75 Å². The van der Waals surface area contributed by atoms with E-state index < -0.39 is 0 Å². The average molecular weight is 238 g/mol. The van der Waals surface area contributed by atoms with Gasteiger partial charge in [-0.25, -0.2) is 0 Å². The van der Waals surface area contributed by atoms with Crippen LogP contribution in [0.4, 0.5) is 0 Å². The number of aliphatic hydroxyl groups excluding tert-OH is 1. The van der Waals surface area contributed by atoms with Crippen molar-refractivity contribution in [3.8, 4) is 5.75 Å². The maximum atomic E-state index is 9.18. The fraction of sp³-hybridized carbons (Fsp3) is 0.538. The molecule has 2 unspecified atom stereocenters. The molecule has 0 radical (unpaired) electrons. The van der Waals surface area contributed by atoms with E-state index >= 15 is 0 Å². The van der Waals surface area contributed by atoms with E-state index in [4.69, 9.17) is 10.5 Å². The Kier molecular flexibility index (Phi) is 5.41. The molecule has 4 heteroatoms. The van der Waals surface area contributed by atoms with Crippen molar-refractivity contribution in [1.29, 1.82) is 0 Å². The minimum absolute atomic E-state index is 0.0645. The maximum Gasteiger partial charge on any atom is 0.123 e. The molecule has 0 aliphatic heterocycles. The molecule has 0 aromatic heterocycles. The predicted octanol–water partition coefficient (Wildman–Crippen LogP) is 0.838. The summed E-state index contributed by atoms with van der Waals surface area (Å²) in [7, 11) is 3.47. The van der Waals surface area contributed by atoms with Crippen LogP contribution in [0.2, 0.25) is 0 Å². The Morgan fingerprint density at radius 3 is 2.65 bits per heavy atom. The van der Waals surface area contributed by atoms with Crippen LogP contribution in [-0.4, -0.2) is 31.9 Å². The molecule has 0 heterocycles. The summed E-state index contributed by atoms with van der Waals surface area (Å²) >= 11 is 0. The van der Waals surface area contributed by atoms with Crippen LogP contribution < -0.4 is 15.8 Å². The first-order valence-corrected chi connectivity index (χ1v) is 5.88. The van der Waals surface area contributed by atoms with Crippen molar-refractivity contribution in [2.45, 2.75) is 25.4 Å².